The van der Waals surface area contributed by atoms with Gasteiger partial charge in [0.2, 0.25) is 0 Å². The first-order valence-electron chi connectivity index (χ1n) is 7.06. The average molecular weight is 302 g/mol. The minimum absolute atomic E-state index is 0.102. The first-order valence-corrected chi connectivity index (χ1v) is 8.16. The average Bonchev–Trinajstić information content (AvgIpc) is 2.36. The van der Waals surface area contributed by atoms with Crippen LogP contribution in [0, 0.1) is 5.92 Å². The van der Waals surface area contributed by atoms with Crippen LogP contribution in [0.5, 0.6) is 0 Å². The molecule has 116 valence electrons. The third kappa shape index (κ3) is 4.66. The van der Waals surface area contributed by atoms with E-state index >= 15 is 0 Å². The van der Waals surface area contributed by atoms with E-state index in [2.05, 4.69) is 4.40 Å². The summed E-state index contributed by atoms with van der Waals surface area (Å²) >= 11 is -1.21. The molecule has 0 aromatic rings. The lowest BCUT2D eigenvalue weighted by Gasteiger charge is -2.33. The lowest BCUT2D eigenvalue weighted by molar-refractivity contribution is 0.123. The highest BCUT2D eigenvalue weighted by molar-refractivity contribution is 7.91. The number of carboxylic acid groups (broad SMARTS) is 1. The molecule has 6 heteroatoms. The maximum atomic E-state index is 12.0. The quantitative estimate of drug-likeness (QED) is 0.643. The van der Waals surface area contributed by atoms with Crippen molar-refractivity contribution in [1.82, 2.24) is 4.90 Å². The Labute approximate surface area is 124 Å². The summed E-state index contributed by atoms with van der Waals surface area (Å²) in [6, 6.07) is 0.102. The van der Waals surface area contributed by atoms with E-state index < -0.39 is 17.5 Å². The van der Waals surface area contributed by atoms with E-state index in [4.69, 9.17) is 5.11 Å². The molecule has 20 heavy (non-hydrogen) atoms. The van der Waals surface area contributed by atoms with Gasteiger partial charge in [-0.15, -0.1) is 0 Å². The minimum atomic E-state index is -1.21. The highest BCUT2D eigenvalue weighted by atomic mass is 32.2. The molecule has 5 nitrogen and oxygen atoms in total. The molecule has 0 bridgehead atoms. The molecular formula is C14H26N2O3S. The smallest absolute Gasteiger partial charge is 0.407 e. The van der Waals surface area contributed by atoms with Crippen LogP contribution in [-0.4, -0.2) is 44.2 Å². The largest absolute Gasteiger partial charge is 0.591 e. The Kier molecular flexibility index (Phi) is 5.89. The van der Waals surface area contributed by atoms with Crippen LogP contribution in [0.2, 0.25) is 0 Å². The van der Waals surface area contributed by atoms with Gasteiger partial charge in [0.25, 0.3) is 0 Å². The number of amides is 1. The zero-order valence-corrected chi connectivity index (χ0v) is 13.9. The predicted octanol–water partition coefficient (Wildman–Crippen LogP) is 3.08. The van der Waals surface area contributed by atoms with Crippen molar-refractivity contribution in [3.63, 3.8) is 0 Å². The van der Waals surface area contributed by atoms with Crippen molar-refractivity contribution in [3.8, 4) is 0 Å². The number of hydrogen-bond acceptors (Lipinski definition) is 3. The van der Waals surface area contributed by atoms with E-state index in [-0.39, 0.29) is 10.8 Å². The molecule has 1 saturated carbocycles. The van der Waals surface area contributed by atoms with Crippen molar-refractivity contribution in [2.45, 2.75) is 64.2 Å². The van der Waals surface area contributed by atoms with Crippen molar-refractivity contribution < 1.29 is 14.5 Å². The van der Waals surface area contributed by atoms with Crippen LogP contribution in [0.3, 0.4) is 0 Å². The summed E-state index contributed by atoms with van der Waals surface area (Å²) in [5, 5.41) is 8.98. The Bertz CT molecular complexity index is 371. The monoisotopic (exact) mass is 302 g/mol. The Balaban J connectivity index is 2.57. The van der Waals surface area contributed by atoms with Gasteiger partial charge in [0.15, 0.2) is 0 Å². The topological polar surface area (TPSA) is 76.0 Å². The van der Waals surface area contributed by atoms with Crippen LogP contribution in [0.1, 0.15) is 53.4 Å². The van der Waals surface area contributed by atoms with E-state index in [1.165, 1.54) is 4.90 Å². The molecular weight excluding hydrogens is 276 g/mol. The Morgan fingerprint density at radius 1 is 1.30 bits per heavy atom. The second kappa shape index (κ2) is 6.80. The summed E-state index contributed by atoms with van der Waals surface area (Å²) in [6.45, 7) is 7.69. The van der Waals surface area contributed by atoms with Crippen LogP contribution in [0.15, 0.2) is 4.40 Å². The molecule has 1 aliphatic rings. The highest BCUT2D eigenvalue weighted by Crippen LogP contribution is 2.29. The Morgan fingerprint density at radius 3 is 2.20 bits per heavy atom. The fourth-order valence-electron chi connectivity index (χ4n) is 2.38. The highest BCUT2D eigenvalue weighted by Gasteiger charge is 2.31. The summed E-state index contributed by atoms with van der Waals surface area (Å²) < 4.78 is 16.0. The molecule has 1 fully saturated rings. The van der Waals surface area contributed by atoms with E-state index in [9.17, 15) is 9.35 Å². The first-order chi connectivity index (χ1) is 9.12. The fraction of sp³-hybridized carbons (Fsp3) is 0.857. The molecule has 1 amide bonds. The SMILES string of the molecule is C/C(=N\[S@@+]([O-])C(C)(C)C)[C@H]1CC[C@H](N(C)C(=O)O)CC1. The molecule has 1 rings (SSSR count). The standard InChI is InChI=1S/C14H26N2O3S/c1-10(15-20(19)14(2,3)4)11-6-8-12(9-7-11)16(5)13(17)18/h11-12H,6-9H2,1-5H3,(H,17,18)/b15-10+/t11-,12-,20-/m0/s1. The maximum absolute atomic E-state index is 12.0. The zero-order valence-electron chi connectivity index (χ0n) is 13.0. The molecule has 0 saturated heterocycles. The van der Waals surface area contributed by atoms with Gasteiger partial charge in [-0.1, -0.05) is 4.40 Å². The van der Waals surface area contributed by atoms with Crippen LogP contribution in [0.25, 0.3) is 0 Å². The van der Waals surface area contributed by atoms with Gasteiger partial charge < -0.3 is 14.6 Å². The van der Waals surface area contributed by atoms with Gasteiger partial charge in [0.05, 0.1) is 5.71 Å². The van der Waals surface area contributed by atoms with Crippen molar-refractivity contribution in [2.24, 2.45) is 10.3 Å². The molecule has 0 unspecified atom stereocenters. The zero-order chi connectivity index (χ0) is 15.5. The van der Waals surface area contributed by atoms with Crippen LogP contribution in [-0.2, 0) is 11.4 Å². The summed E-state index contributed by atoms with van der Waals surface area (Å²) in [6.07, 6.45) is 2.66. The van der Waals surface area contributed by atoms with Crippen LogP contribution < -0.4 is 0 Å². The van der Waals surface area contributed by atoms with Crippen molar-refractivity contribution in [3.05, 3.63) is 0 Å². The summed E-state index contributed by atoms with van der Waals surface area (Å²) in [7, 11) is 1.63. The summed E-state index contributed by atoms with van der Waals surface area (Å²) in [5.41, 5.74) is 0.940. The van der Waals surface area contributed by atoms with Crippen molar-refractivity contribution >= 4 is 23.2 Å². The second-order valence-corrected chi connectivity index (χ2v) is 8.40. The molecule has 0 aromatic heterocycles. The Morgan fingerprint density at radius 2 is 1.80 bits per heavy atom. The van der Waals surface area contributed by atoms with Gasteiger partial charge in [-0.05, 0) is 53.4 Å². The summed E-state index contributed by atoms with van der Waals surface area (Å²) in [5.74, 6) is 0.333. The number of rotatable bonds is 3. The van der Waals surface area contributed by atoms with Gasteiger partial charge in [-0.25, -0.2) is 4.79 Å². The van der Waals surface area contributed by atoms with Gasteiger partial charge in [0, 0.05) is 19.0 Å². The Hall–Kier alpha value is -0.750. The van der Waals surface area contributed by atoms with E-state index in [1.54, 1.807) is 7.05 Å². The molecule has 0 radical (unpaired) electrons. The molecule has 0 aliphatic heterocycles. The summed E-state index contributed by atoms with van der Waals surface area (Å²) in [4.78, 5) is 12.3. The molecule has 1 N–H and O–H groups in total. The van der Waals surface area contributed by atoms with Crippen LogP contribution >= 0.6 is 0 Å². The molecule has 0 spiro atoms. The second-order valence-electron chi connectivity index (χ2n) is 6.49. The number of carbonyl (C=O) groups is 1. The first kappa shape index (κ1) is 17.3. The van der Waals surface area contributed by atoms with E-state index in [1.807, 2.05) is 27.7 Å². The van der Waals surface area contributed by atoms with Gasteiger partial charge in [0.1, 0.15) is 16.1 Å². The lowest BCUT2D eigenvalue weighted by Crippen LogP contribution is -2.39. The van der Waals surface area contributed by atoms with Gasteiger partial charge in [-0.2, -0.15) is 0 Å². The van der Waals surface area contributed by atoms with Gasteiger partial charge >= 0.3 is 6.09 Å². The maximum Gasteiger partial charge on any atom is 0.407 e. The van der Waals surface area contributed by atoms with Crippen molar-refractivity contribution in [1.29, 1.82) is 0 Å². The fourth-order valence-corrected chi connectivity index (χ4v) is 3.06. The number of nitrogens with zero attached hydrogens (tertiary/aromatic N) is 2. The third-order valence-electron chi connectivity index (χ3n) is 3.89. The van der Waals surface area contributed by atoms with Gasteiger partial charge in [-0.3, -0.25) is 0 Å². The third-order valence-corrected chi connectivity index (χ3v) is 5.39. The van der Waals surface area contributed by atoms with Crippen molar-refractivity contribution in [2.75, 3.05) is 7.05 Å². The molecule has 0 aromatic carbocycles. The van der Waals surface area contributed by atoms with E-state index in [0.29, 0.717) is 5.92 Å². The van der Waals surface area contributed by atoms with Crippen LogP contribution in [0.4, 0.5) is 4.79 Å². The predicted molar refractivity (Wildman–Crippen MR) is 82.5 cm³/mol. The lowest BCUT2D eigenvalue weighted by atomic mass is 9.83. The molecule has 1 aliphatic carbocycles. The number of hydrogen-bond donors (Lipinski definition) is 1. The molecule has 1 atom stereocenters. The van der Waals surface area contributed by atoms with E-state index in [0.717, 1.165) is 31.4 Å². The molecule has 0 heterocycles. The normalized spacial score (nSPS) is 26.2. The minimum Gasteiger partial charge on any atom is -0.591 e.